The van der Waals surface area contributed by atoms with Crippen molar-refractivity contribution in [3.05, 3.63) is 82.0 Å². The predicted octanol–water partition coefficient (Wildman–Crippen LogP) is 2.36. The zero-order valence-corrected chi connectivity index (χ0v) is 12.8. The number of thiophene rings is 1. The first-order chi connectivity index (χ1) is 9.43. The summed E-state index contributed by atoms with van der Waals surface area (Å²) in [6, 6.07) is 22.5. The third kappa shape index (κ3) is 1.79. The molecule has 2 aromatic carbocycles. The second-order valence-corrected chi connectivity index (χ2v) is 7.88. The van der Waals surface area contributed by atoms with E-state index in [-0.39, 0.29) is 9.52 Å². The van der Waals surface area contributed by atoms with Crippen LogP contribution in [0.25, 0.3) is 0 Å². The standard InChI is InChI=1S/C17H14SSi/c1-3-9-15-12(6-1)17(14-8-5-11-18-14)13-7-2-4-10-16(13)19-15/h1-11,17H,19H2. The van der Waals surface area contributed by atoms with E-state index in [9.17, 15) is 0 Å². The minimum Gasteiger partial charge on any atom is -0.148 e. The Morgan fingerprint density at radius 3 is 1.95 bits per heavy atom. The van der Waals surface area contributed by atoms with Crippen LogP contribution < -0.4 is 10.4 Å². The van der Waals surface area contributed by atoms with Crippen LogP contribution >= 0.6 is 11.3 Å². The highest BCUT2D eigenvalue weighted by molar-refractivity contribution is 7.10. The van der Waals surface area contributed by atoms with Crippen molar-refractivity contribution in [2.75, 3.05) is 0 Å². The van der Waals surface area contributed by atoms with Crippen molar-refractivity contribution >= 4 is 31.2 Å². The summed E-state index contributed by atoms with van der Waals surface area (Å²) in [5.74, 6) is 0.452. The summed E-state index contributed by atoms with van der Waals surface area (Å²) in [7, 11) is -0.310. The van der Waals surface area contributed by atoms with E-state index in [0.717, 1.165) is 0 Å². The Hall–Kier alpha value is -1.64. The molecule has 1 aliphatic heterocycles. The Labute approximate surface area is 119 Å². The van der Waals surface area contributed by atoms with Crippen molar-refractivity contribution in [2.45, 2.75) is 5.92 Å². The minimum absolute atomic E-state index is 0.310. The largest absolute Gasteiger partial charge is 0.148 e. The predicted molar refractivity (Wildman–Crippen MR) is 86.0 cm³/mol. The van der Waals surface area contributed by atoms with Crippen LogP contribution in [0.3, 0.4) is 0 Å². The maximum atomic E-state index is 2.33. The second kappa shape index (κ2) is 4.48. The number of rotatable bonds is 1. The van der Waals surface area contributed by atoms with E-state index in [0.29, 0.717) is 5.92 Å². The maximum Gasteiger partial charge on any atom is 0.0883 e. The molecule has 0 atom stereocenters. The van der Waals surface area contributed by atoms with Gasteiger partial charge >= 0.3 is 0 Å². The quantitative estimate of drug-likeness (QED) is 0.469. The van der Waals surface area contributed by atoms with Gasteiger partial charge in [-0.3, -0.25) is 0 Å². The molecule has 0 nitrogen and oxygen atoms in total. The number of hydrogen-bond donors (Lipinski definition) is 0. The average molecular weight is 278 g/mol. The molecule has 4 rings (SSSR count). The molecule has 0 N–H and O–H groups in total. The zero-order valence-electron chi connectivity index (χ0n) is 10.5. The summed E-state index contributed by atoms with van der Waals surface area (Å²) in [5, 5.41) is 5.41. The second-order valence-electron chi connectivity index (χ2n) is 5.02. The SMILES string of the molecule is c1csc(C2c3ccccc3[SiH2]c3ccccc32)c1. The highest BCUT2D eigenvalue weighted by atomic mass is 32.1. The van der Waals surface area contributed by atoms with Gasteiger partial charge in [0, 0.05) is 10.8 Å². The van der Waals surface area contributed by atoms with Crippen molar-refractivity contribution in [1.82, 2.24) is 0 Å². The highest BCUT2D eigenvalue weighted by Crippen LogP contribution is 2.34. The highest BCUT2D eigenvalue weighted by Gasteiger charge is 2.26. The first kappa shape index (κ1) is 11.2. The van der Waals surface area contributed by atoms with Gasteiger partial charge in [0.2, 0.25) is 0 Å². The van der Waals surface area contributed by atoms with Crippen LogP contribution in [0, 0.1) is 0 Å². The maximum absolute atomic E-state index is 2.33. The van der Waals surface area contributed by atoms with Gasteiger partial charge in [-0.25, -0.2) is 0 Å². The fourth-order valence-electron chi connectivity index (χ4n) is 3.09. The molecule has 3 aromatic rings. The lowest BCUT2D eigenvalue weighted by atomic mass is 9.89. The van der Waals surface area contributed by atoms with Gasteiger partial charge in [0.15, 0.2) is 0 Å². The van der Waals surface area contributed by atoms with Crippen molar-refractivity contribution in [3.63, 3.8) is 0 Å². The molecule has 2 heteroatoms. The zero-order chi connectivity index (χ0) is 12.7. The van der Waals surface area contributed by atoms with E-state index in [1.54, 1.807) is 10.4 Å². The van der Waals surface area contributed by atoms with E-state index >= 15 is 0 Å². The molecule has 0 unspecified atom stereocenters. The van der Waals surface area contributed by atoms with E-state index in [2.05, 4.69) is 66.0 Å². The molecule has 0 saturated heterocycles. The molecule has 92 valence electrons. The van der Waals surface area contributed by atoms with Gasteiger partial charge in [-0.1, -0.05) is 65.0 Å². The smallest absolute Gasteiger partial charge is 0.0883 e. The molecule has 0 saturated carbocycles. The molecule has 0 spiro atoms. The molecule has 1 aromatic heterocycles. The number of benzene rings is 2. The molecule has 0 amide bonds. The molecular weight excluding hydrogens is 264 g/mol. The molecule has 0 fully saturated rings. The summed E-state index contributed by atoms with van der Waals surface area (Å²) in [4.78, 5) is 1.47. The molecule has 0 radical (unpaired) electrons. The summed E-state index contributed by atoms with van der Waals surface area (Å²) < 4.78 is 0. The van der Waals surface area contributed by atoms with Gasteiger partial charge in [-0.05, 0) is 22.6 Å². The Morgan fingerprint density at radius 1 is 0.737 bits per heavy atom. The first-order valence-corrected chi connectivity index (χ1v) is 8.92. The summed E-state index contributed by atoms with van der Waals surface area (Å²) >= 11 is 1.87. The van der Waals surface area contributed by atoms with E-state index in [1.807, 2.05) is 11.3 Å². The van der Waals surface area contributed by atoms with Crippen LogP contribution in [0.2, 0.25) is 0 Å². The van der Waals surface area contributed by atoms with Gasteiger partial charge in [0.05, 0.1) is 9.52 Å². The van der Waals surface area contributed by atoms with Gasteiger partial charge in [-0.15, -0.1) is 11.3 Å². The fourth-order valence-corrected chi connectivity index (χ4v) is 5.92. The van der Waals surface area contributed by atoms with Crippen molar-refractivity contribution in [3.8, 4) is 0 Å². The van der Waals surface area contributed by atoms with Crippen LogP contribution in [0.15, 0.2) is 66.0 Å². The molecular formula is C17H14SSi. The first-order valence-electron chi connectivity index (χ1n) is 6.62. The van der Waals surface area contributed by atoms with Crippen molar-refractivity contribution in [1.29, 1.82) is 0 Å². The average Bonchev–Trinajstić information content (AvgIpc) is 2.98. The van der Waals surface area contributed by atoms with Crippen molar-refractivity contribution in [2.24, 2.45) is 0 Å². The number of fused-ring (bicyclic) bond motifs is 2. The molecule has 19 heavy (non-hydrogen) atoms. The van der Waals surface area contributed by atoms with Crippen LogP contribution in [0.4, 0.5) is 0 Å². The summed E-state index contributed by atoms with van der Waals surface area (Å²) in [6.45, 7) is 0. The third-order valence-electron chi connectivity index (χ3n) is 3.94. The Kier molecular flexibility index (Phi) is 2.64. The summed E-state index contributed by atoms with van der Waals surface area (Å²) in [5.41, 5.74) is 3.07. The normalized spacial score (nSPS) is 18.0. The van der Waals surface area contributed by atoms with E-state index in [4.69, 9.17) is 0 Å². The molecule has 0 aliphatic carbocycles. The van der Waals surface area contributed by atoms with Crippen LogP contribution in [0.5, 0.6) is 0 Å². The lowest BCUT2D eigenvalue weighted by Gasteiger charge is -2.27. The molecule has 0 bridgehead atoms. The van der Waals surface area contributed by atoms with E-state index < -0.39 is 0 Å². The number of hydrogen-bond acceptors (Lipinski definition) is 1. The third-order valence-corrected chi connectivity index (χ3v) is 6.93. The van der Waals surface area contributed by atoms with Crippen LogP contribution in [-0.2, 0) is 0 Å². The lowest BCUT2D eigenvalue weighted by Crippen LogP contribution is -2.39. The van der Waals surface area contributed by atoms with Crippen LogP contribution in [-0.4, -0.2) is 9.52 Å². The summed E-state index contributed by atoms with van der Waals surface area (Å²) in [6.07, 6.45) is 0. The van der Waals surface area contributed by atoms with Gasteiger partial charge in [-0.2, -0.15) is 0 Å². The van der Waals surface area contributed by atoms with Crippen molar-refractivity contribution < 1.29 is 0 Å². The fraction of sp³-hybridized carbons (Fsp3) is 0.0588. The molecule has 1 aliphatic rings. The monoisotopic (exact) mass is 278 g/mol. The topological polar surface area (TPSA) is 0 Å². The molecule has 2 heterocycles. The Morgan fingerprint density at radius 2 is 1.37 bits per heavy atom. The Balaban J connectivity index is 1.98. The van der Waals surface area contributed by atoms with E-state index in [1.165, 1.54) is 16.0 Å². The van der Waals surface area contributed by atoms with Gasteiger partial charge in [0.1, 0.15) is 0 Å². The van der Waals surface area contributed by atoms with Gasteiger partial charge < -0.3 is 0 Å². The Bertz CT molecular complexity index is 670. The lowest BCUT2D eigenvalue weighted by molar-refractivity contribution is 1.02. The van der Waals surface area contributed by atoms with Crippen LogP contribution in [0.1, 0.15) is 21.9 Å². The van der Waals surface area contributed by atoms with Gasteiger partial charge in [0.25, 0.3) is 0 Å². The minimum atomic E-state index is -0.310.